The van der Waals surface area contributed by atoms with Gasteiger partial charge in [0, 0.05) is 25.7 Å². The molecular weight excluding hydrogens is 480 g/mol. The summed E-state index contributed by atoms with van der Waals surface area (Å²) in [6, 6.07) is 4.10. The maximum absolute atomic E-state index is 13.9. The molecule has 2 aliphatic heterocycles. The number of aryl methyl sites for hydroxylation is 2. The molecule has 4 rings (SSSR count). The number of carboxylic acid groups (broad SMARTS) is 1. The van der Waals surface area contributed by atoms with E-state index in [0.717, 1.165) is 42.7 Å². The fraction of sp³-hybridized carbons (Fsp3) is 0.524. The third kappa shape index (κ3) is 5.76. The van der Waals surface area contributed by atoms with Crippen LogP contribution in [0.15, 0.2) is 23.1 Å². The zero-order chi connectivity index (χ0) is 25.3. The summed E-state index contributed by atoms with van der Waals surface area (Å²) in [5.41, 5.74) is 3.33. The van der Waals surface area contributed by atoms with Gasteiger partial charge in [0.15, 0.2) is 0 Å². The van der Waals surface area contributed by atoms with Crippen molar-refractivity contribution in [2.24, 2.45) is 7.05 Å². The Labute approximate surface area is 194 Å². The topological polar surface area (TPSA) is 95.7 Å². The molecule has 1 fully saturated rings. The molecule has 2 aromatic rings. The Morgan fingerprint density at radius 3 is 2.32 bits per heavy atom. The van der Waals surface area contributed by atoms with Gasteiger partial charge in [-0.2, -0.15) is 22.6 Å². The number of benzene rings is 1. The molecular formula is C21H26F4N4O4S. The highest BCUT2D eigenvalue weighted by atomic mass is 32.2. The molecule has 0 radical (unpaired) electrons. The third-order valence-electron chi connectivity index (χ3n) is 5.86. The summed E-state index contributed by atoms with van der Waals surface area (Å²) >= 11 is 0. The number of hydrogen-bond donors (Lipinski definition) is 1. The Kier molecular flexibility index (Phi) is 7.68. The van der Waals surface area contributed by atoms with Gasteiger partial charge in [0.2, 0.25) is 10.0 Å². The predicted molar refractivity (Wildman–Crippen MR) is 114 cm³/mol. The molecule has 3 heterocycles. The summed E-state index contributed by atoms with van der Waals surface area (Å²) < 4.78 is 74.8. The molecule has 13 heteroatoms. The molecule has 34 heavy (non-hydrogen) atoms. The van der Waals surface area contributed by atoms with Gasteiger partial charge in [-0.3, -0.25) is 9.58 Å². The maximum atomic E-state index is 13.9. The second-order valence-corrected chi connectivity index (χ2v) is 10.3. The number of aromatic nitrogens is 2. The molecule has 0 saturated carbocycles. The number of halogens is 4. The predicted octanol–water partition coefficient (Wildman–Crippen LogP) is 3.19. The Morgan fingerprint density at radius 2 is 1.76 bits per heavy atom. The number of rotatable bonds is 4. The summed E-state index contributed by atoms with van der Waals surface area (Å²) in [7, 11) is -1.88. The van der Waals surface area contributed by atoms with Crippen LogP contribution in [-0.4, -0.2) is 57.7 Å². The number of carbonyl (C=O) groups is 1. The molecule has 0 amide bonds. The highest BCUT2D eigenvalue weighted by Crippen LogP contribution is 2.31. The zero-order valence-electron chi connectivity index (χ0n) is 18.8. The van der Waals surface area contributed by atoms with Gasteiger partial charge in [0.25, 0.3) is 0 Å². The van der Waals surface area contributed by atoms with Crippen LogP contribution in [0, 0.1) is 12.7 Å². The van der Waals surface area contributed by atoms with Crippen LogP contribution in [0.1, 0.15) is 41.8 Å². The number of fused-ring (bicyclic) bond motifs is 1. The number of nitrogens with zero attached hydrogens (tertiary/aromatic N) is 4. The van der Waals surface area contributed by atoms with Crippen molar-refractivity contribution in [1.82, 2.24) is 19.0 Å². The van der Waals surface area contributed by atoms with E-state index >= 15 is 0 Å². The van der Waals surface area contributed by atoms with E-state index in [1.54, 1.807) is 11.6 Å². The first-order valence-corrected chi connectivity index (χ1v) is 12.1. The minimum atomic E-state index is -5.08. The van der Waals surface area contributed by atoms with Crippen molar-refractivity contribution in [3.8, 4) is 0 Å². The van der Waals surface area contributed by atoms with Crippen LogP contribution in [0.4, 0.5) is 17.6 Å². The highest BCUT2D eigenvalue weighted by Gasteiger charge is 2.38. The summed E-state index contributed by atoms with van der Waals surface area (Å²) in [6.07, 6.45) is -1.40. The van der Waals surface area contributed by atoms with E-state index in [-0.39, 0.29) is 11.4 Å². The van der Waals surface area contributed by atoms with E-state index in [2.05, 4.69) is 10.00 Å². The van der Waals surface area contributed by atoms with Crippen molar-refractivity contribution in [2.75, 3.05) is 13.1 Å². The molecule has 0 unspecified atom stereocenters. The van der Waals surface area contributed by atoms with Gasteiger partial charge in [-0.1, -0.05) is 12.5 Å². The molecule has 2 aliphatic rings. The van der Waals surface area contributed by atoms with E-state index in [4.69, 9.17) is 9.90 Å². The van der Waals surface area contributed by atoms with E-state index < -0.39 is 28.0 Å². The van der Waals surface area contributed by atoms with Gasteiger partial charge in [-0.05, 0) is 50.6 Å². The largest absolute Gasteiger partial charge is 0.490 e. The minimum absolute atomic E-state index is 0.00365. The number of sulfonamides is 1. The second kappa shape index (κ2) is 10.0. The Hall–Kier alpha value is -2.51. The number of carboxylic acids is 1. The van der Waals surface area contributed by atoms with Gasteiger partial charge < -0.3 is 5.11 Å². The lowest BCUT2D eigenvalue weighted by Crippen LogP contribution is -2.30. The van der Waals surface area contributed by atoms with Crippen molar-refractivity contribution >= 4 is 16.0 Å². The minimum Gasteiger partial charge on any atom is -0.475 e. The van der Waals surface area contributed by atoms with Crippen LogP contribution in [0.25, 0.3) is 0 Å². The van der Waals surface area contributed by atoms with Crippen molar-refractivity contribution in [2.45, 2.75) is 56.9 Å². The summed E-state index contributed by atoms with van der Waals surface area (Å²) in [4.78, 5) is 11.3. The summed E-state index contributed by atoms with van der Waals surface area (Å²) in [5, 5.41) is 11.8. The van der Waals surface area contributed by atoms with Crippen molar-refractivity contribution < 1.29 is 35.9 Å². The maximum Gasteiger partial charge on any atom is 0.490 e. The molecule has 0 spiro atoms. The SMILES string of the molecule is Cc1ccc(S(=O)(=O)N2Cc3c(CN4CCCCC4)nn(C)c3C2)cc1F.O=C(O)C(F)(F)F. The van der Waals surface area contributed by atoms with Crippen LogP contribution < -0.4 is 0 Å². The van der Waals surface area contributed by atoms with Crippen molar-refractivity contribution in [1.29, 1.82) is 0 Å². The van der Waals surface area contributed by atoms with E-state index in [1.165, 1.54) is 35.7 Å². The average molecular weight is 507 g/mol. The fourth-order valence-corrected chi connectivity index (χ4v) is 5.33. The first-order valence-electron chi connectivity index (χ1n) is 10.6. The monoisotopic (exact) mass is 506 g/mol. The molecule has 0 aliphatic carbocycles. The van der Waals surface area contributed by atoms with Gasteiger partial charge in [0.05, 0.1) is 22.8 Å². The van der Waals surface area contributed by atoms with E-state index in [0.29, 0.717) is 12.1 Å². The third-order valence-corrected chi connectivity index (χ3v) is 7.65. The lowest BCUT2D eigenvalue weighted by atomic mass is 10.1. The van der Waals surface area contributed by atoms with Gasteiger partial charge in [-0.25, -0.2) is 17.6 Å². The standard InChI is InChI=1S/C19H25FN4O2S.C2HF3O2/c1-14-6-7-15(10-17(14)20)27(25,26)24-11-16-18(21-22(2)19(16)13-24)12-23-8-4-3-5-9-23;3-2(4,5)1(6)7/h6-7,10H,3-5,8-9,11-13H2,1-2H3;(H,6,7). The normalized spacial score (nSPS) is 17.2. The van der Waals surface area contributed by atoms with Crippen LogP contribution in [0.3, 0.4) is 0 Å². The molecule has 1 aromatic carbocycles. The highest BCUT2D eigenvalue weighted by molar-refractivity contribution is 7.89. The molecule has 1 N–H and O–H groups in total. The Morgan fingerprint density at radius 1 is 1.15 bits per heavy atom. The van der Waals surface area contributed by atoms with Gasteiger partial charge in [0.1, 0.15) is 5.82 Å². The quantitative estimate of drug-likeness (QED) is 0.640. The van der Waals surface area contributed by atoms with E-state index in [9.17, 15) is 26.0 Å². The van der Waals surface area contributed by atoms with Crippen LogP contribution in [0.5, 0.6) is 0 Å². The van der Waals surface area contributed by atoms with E-state index in [1.807, 2.05) is 7.05 Å². The Bertz CT molecular complexity index is 1160. The molecule has 1 aromatic heterocycles. The molecule has 0 bridgehead atoms. The van der Waals surface area contributed by atoms with Crippen LogP contribution in [0.2, 0.25) is 0 Å². The lowest BCUT2D eigenvalue weighted by Gasteiger charge is -2.26. The van der Waals surface area contributed by atoms with Gasteiger partial charge >= 0.3 is 12.1 Å². The smallest absolute Gasteiger partial charge is 0.475 e. The molecule has 8 nitrogen and oxygen atoms in total. The first kappa shape index (κ1) is 26.1. The number of hydrogen-bond acceptors (Lipinski definition) is 5. The van der Waals surface area contributed by atoms with Crippen LogP contribution in [-0.2, 0) is 41.5 Å². The first-order chi connectivity index (χ1) is 15.8. The molecule has 188 valence electrons. The number of likely N-dealkylation sites (tertiary alicyclic amines) is 1. The summed E-state index contributed by atoms with van der Waals surface area (Å²) in [5.74, 6) is -3.26. The number of piperidine rings is 1. The number of aliphatic carboxylic acids is 1. The van der Waals surface area contributed by atoms with Gasteiger partial charge in [-0.15, -0.1) is 0 Å². The number of alkyl halides is 3. The molecule has 1 saturated heterocycles. The average Bonchev–Trinajstić information content (AvgIpc) is 3.32. The zero-order valence-corrected chi connectivity index (χ0v) is 19.6. The second-order valence-electron chi connectivity index (χ2n) is 8.32. The molecule has 0 atom stereocenters. The van der Waals surface area contributed by atoms with Crippen molar-refractivity contribution in [3.63, 3.8) is 0 Å². The fourth-order valence-electron chi connectivity index (χ4n) is 3.95. The van der Waals surface area contributed by atoms with Crippen LogP contribution >= 0.6 is 0 Å². The lowest BCUT2D eigenvalue weighted by molar-refractivity contribution is -0.192. The Balaban J connectivity index is 0.000000406. The summed E-state index contributed by atoms with van der Waals surface area (Å²) in [6.45, 7) is 5.08. The van der Waals surface area contributed by atoms with Crippen molar-refractivity contribution in [3.05, 3.63) is 46.5 Å².